The Labute approximate surface area is 186 Å². The largest absolute Gasteiger partial charge is 0.348 e. The Morgan fingerprint density at radius 1 is 1.13 bits per heavy atom. The van der Waals surface area contributed by atoms with E-state index in [-0.39, 0.29) is 42.7 Å². The third-order valence-electron chi connectivity index (χ3n) is 5.63. The molecule has 160 valence electrons. The average Bonchev–Trinajstić information content (AvgIpc) is 3.43. The van der Waals surface area contributed by atoms with Crippen LogP contribution in [0.2, 0.25) is 0 Å². The number of H-pyrrole nitrogens is 1. The van der Waals surface area contributed by atoms with Gasteiger partial charge in [0.2, 0.25) is 17.6 Å². The number of fused-ring (bicyclic) bond motifs is 1. The van der Waals surface area contributed by atoms with E-state index in [0.717, 1.165) is 42.8 Å². The summed E-state index contributed by atoms with van der Waals surface area (Å²) < 4.78 is 5.52. The zero-order valence-corrected chi connectivity index (χ0v) is 17.9. The number of aromatic amines is 1. The van der Waals surface area contributed by atoms with Gasteiger partial charge in [-0.3, -0.25) is 4.79 Å². The van der Waals surface area contributed by atoms with E-state index in [1.807, 2.05) is 35.2 Å². The maximum atomic E-state index is 13.0. The van der Waals surface area contributed by atoms with Crippen molar-refractivity contribution in [2.75, 3.05) is 19.6 Å². The Hall–Kier alpha value is -2.42. The first kappa shape index (κ1) is 22.3. The molecule has 0 spiro atoms. The minimum absolute atomic E-state index is 0. The van der Waals surface area contributed by atoms with E-state index in [2.05, 4.69) is 25.4 Å². The third kappa shape index (κ3) is 4.21. The minimum atomic E-state index is -0.348. The molecule has 3 aromatic rings. The first-order chi connectivity index (χ1) is 13.8. The lowest BCUT2D eigenvalue weighted by atomic mass is 9.95. The standard InChI is InChI=1S/C20H22N6O2.2ClH/c27-20(17-16-15(6-9-21-17)22-12-23-16)26-10-7-14(8-11-26)19-24-18(25-28-19)13-4-2-1-3-5-13;;/h1-5,12,14,17,21H,6-11H2,(H,22,23);2*1H. The Morgan fingerprint density at radius 2 is 1.90 bits per heavy atom. The van der Waals surface area contributed by atoms with Crippen LogP contribution in [0.1, 0.15) is 42.1 Å². The van der Waals surface area contributed by atoms with E-state index >= 15 is 0 Å². The lowest BCUT2D eigenvalue weighted by molar-refractivity contribution is -0.135. The summed E-state index contributed by atoms with van der Waals surface area (Å²) in [5, 5.41) is 7.43. The molecule has 0 aliphatic carbocycles. The van der Waals surface area contributed by atoms with Crippen LogP contribution in [0.4, 0.5) is 0 Å². The highest BCUT2D eigenvalue weighted by Crippen LogP contribution is 2.30. The molecule has 0 bridgehead atoms. The van der Waals surface area contributed by atoms with Gasteiger partial charge in [0.1, 0.15) is 6.04 Å². The van der Waals surface area contributed by atoms with Gasteiger partial charge < -0.3 is 19.7 Å². The molecule has 5 rings (SSSR count). The summed E-state index contributed by atoms with van der Waals surface area (Å²) in [5.41, 5.74) is 2.84. The highest BCUT2D eigenvalue weighted by Gasteiger charge is 2.34. The molecule has 2 aliphatic heterocycles. The quantitative estimate of drug-likeness (QED) is 0.636. The van der Waals surface area contributed by atoms with E-state index in [1.165, 1.54) is 0 Å². The predicted molar refractivity (Wildman–Crippen MR) is 116 cm³/mol. The second-order valence-electron chi connectivity index (χ2n) is 7.33. The molecule has 10 heteroatoms. The minimum Gasteiger partial charge on any atom is -0.348 e. The number of amides is 1. The molecule has 1 aromatic carbocycles. The van der Waals surface area contributed by atoms with E-state index in [0.29, 0.717) is 24.8 Å². The van der Waals surface area contributed by atoms with E-state index in [9.17, 15) is 4.79 Å². The van der Waals surface area contributed by atoms with Crippen LogP contribution in [0.3, 0.4) is 0 Å². The molecule has 1 saturated heterocycles. The fraction of sp³-hybridized carbons (Fsp3) is 0.400. The summed E-state index contributed by atoms with van der Waals surface area (Å²) in [5.74, 6) is 1.57. The Kier molecular flexibility index (Phi) is 7.12. The van der Waals surface area contributed by atoms with Crippen LogP contribution in [0, 0.1) is 0 Å². The molecule has 2 N–H and O–H groups in total. The van der Waals surface area contributed by atoms with Gasteiger partial charge in [-0.1, -0.05) is 35.5 Å². The topological polar surface area (TPSA) is 99.9 Å². The van der Waals surface area contributed by atoms with Gasteiger partial charge in [-0.2, -0.15) is 4.98 Å². The van der Waals surface area contributed by atoms with Gasteiger partial charge in [-0.25, -0.2) is 4.98 Å². The average molecular weight is 451 g/mol. The molecular formula is C20H24Cl2N6O2. The highest BCUT2D eigenvalue weighted by atomic mass is 35.5. The number of halogens is 2. The second-order valence-corrected chi connectivity index (χ2v) is 7.33. The van der Waals surface area contributed by atoms with Gasteiger partial charge in [0, 0.05) is 43.2 Å². The van der Waals surface area contributed by atoms with Crippen LogP contribution in [-0.4, -0.2) is 50.5 Å². The third-order valence-corrected chi connectivity index (χ3v) is 5.63. The lowest BCUT2D eigenvalue weighted by Crippen LogP contribution is -2.46. The number of nitrogens with zero attached hydrogens (tertiary/aromatic N) is 4. The second kappa shape index (κ2) is 9.59. The van der Waals surface area contributed by atoms with Crippen molar-refractivity contribution in [3.05, 3.63) is 53.9 Å². The molecule has 1 amide bonds. The summed E-state index contributed by atoms with van der Waals surface area (Å²) in [4.78, 5) is 27.0. The van der Waals surface area contributed by atoms with Crippen molar-refractivity contribution >= 4 is 30.7 Å². The number of hydrogen-bond acceptors (Lipinski definition) is 6. The van der Waals surface area contributed by atoms with Crippen LogP contribution >= 0.6 is 24.8 Å². The molecule has 0 radical (unpaired) electrons. The monoisotopic (exact) mass is 450 g/mol. The van der Waals surface area contributed by atoms with Crippen LogP contribution in [0.15, 0.2) is 41.2 Å². The van der Waals surface area contributed by atoms with Gasteiger partial charge in [0.25, 0.3) is 0 Å². The molecular weight excluding hydrogens is 427 g/mol. The van der Waals surface area contributed by atoms with Crippen LogP contribution in [0.25, 0.3) is 11.4 Å². The molecule has 4 heterocycles. The zero-order chi connectivity index (χ0) is 18.9. The fourth-order valence-electron chi connectivity index (χ4n) is 4.06. The molecule has 2 aromatic heterocycles. The Morgan fingerprint density at radius 3 is 2.67 bits per heavy atom. The number of carbonyl (C=O) groups is 1. The highest BCUT2D eigenvalue weighted by molar-refractivity contribution is 5.85. The Balaban J connectivity index is 0.00000128. The van der Waals surface area contributed by atoms with Crippen molar-refractivity contribution in [1.29, 1.82) is 0 Å². The summed E-state index contributed by atoms with van der Waals surface area (Å²) in [6.07, 6.45) is 4.19. The van der Waals surface area contributed by atoms with Crippen molar-refractivity contribution < 1.29 is 9.32 Å². The molecule has 8 nitrogen and oxygen atoms in total. The summed E-state index contributed by atoms with van der Waals surface area (Å²) >= 11 is 0. The molecule has 30 heavy (non-hydrogen) atoms. The van der Waals surface area contributed by atoms with Crippen LogP contribution < -0.4 is 5.32 Å². The van der Waals surface area contributed by atoms with Crippen molar-refractivity contribution in [1.82, 2.24) is 30.3 Å². The SMILES string of the molecule is Cl.Cl.O=C(C1NCCc2[nH]cnc21)N1CCC(c2nc(-c3ccccc3)no2)CC1. The van der Waals surface area contributed by atoms with Crippen molar-refractivity contribution in [3.63, 3.8) is 0 Å². The van der Waals surface area contributed by atoms with Gasteiger partial charge in [-0.05, 0) is 12.8 Å². The molecule has 0 saturated carbocycles. The van der Waals surface area contributed by atoms with Gasteiger partial charge >= 0.3 is 0 Å². The number of hydrogen-bond donors (Lipinski definition) is 2. The number of likely N-dealkylation sites (tertiary alicyclic amines) is 1. The van der Waals surface area contributed by atoms with Crippen molar-refractivity contribution in [2.45, 2.75) is 31.2 Å². The number of piperidine rings is 1. The van der Waals surface area contributed by atoms with Gasteiger partial charge in [0.05, 0.1) is 12.0 Å². The smallest absolute Gasteiger partial charge is 0.246 e. The maximum absolute atomic E-state index is 13.0. The normalized spacial score (nSPS) is 18.8. The number of nitrogens with one attached hydrogen (secondary N) is 2. The molecule has 1 atom stereocenters. The molecule has 1 fully saturated rings. The number of imidazole rings is 1. The van der Waals surface area contributed by atoms with Gasteiger partial charge in [-0.15, -0.1) is 24.8 Å². The molecule has 2 aliphatic rings. The number of carbonyl (C=O) groups excluding carboxylic acids is 1. The summed E-state index contributed by atoms with van der Waals surface area (Å²) in [6.45, 7) is 2.15. The fourth-order valence-corrected chi connectivity index (χ4v) is 4.06. The van der Waals surface area contributed by atoms with E-state index in [4.69, 9.17) is 4.52 Å². The number of aromatic nitrogens is 4. The van der Waals surface area contributed by atoms with E-state index in [1.54, 1.807) is 6.33 Å². The van der Waals surface area contributed by atoms with Gasteiger partial charge in [0.15, 0.2) is 0 Å². The predicted octanol–water partition coefficient (Wildman–Crippen LogP) is 2.90. The van der Waals surface area contributed by atoms with Crippen molar-refractivity contribution in [3.8, 4) is 11.4 Å². The number of benzene rings is 1. The molecule has 1 unspecified atom stereocenters. The number of rotatable bonds is 3. The maximum Gasteiger partial charge on any atom is 0.246 e. The van der Waals surface area contributed by atoms with Crippen molar-refractivity contribution in [2.24, 2.45) is 0 Å². The van der Waals surface area contributed by atoms with Crippen LogP contribution in [-0.2, 0) is 11.2 Å². The lowest BCUT2D eigenvalue weighted by Gasteiger charge is -2.34. The van der Waals surface area contributed by atoms with E-state index < -0.39 is 0 Å². The first-order valence-corrected chi connectivity index (χ1v) is 9.73. The first-order valence-electron chi connectivity index (χ1n) is 9.73. The van der Waals surface area contributed by atoms with Crippen LogP contribution in [0.5, 0.6) is 0 Å². The summed E-state index contributed by atoms with van der Waals surface area (Å²) in [6, 6.07) is 9.47. The summed E-state index contributed by atoms with van der Waals surface area (Å²) in [7, 11) is 0. The Bertz CT molecular complexity index is 969. The zero-order valence-electron chi connectivity index (χ0n) is 16.3.